The van der Waals surface area contributed by atoms with Gasteiger partial charge in [-0.2, -0.15) is 0 Å². The standard InChI is InChI=1S/C29H35NO2/c1-24-17-29(22-31-20-26-13-7-3-8-14-26,23-32-21-27-15-9-4-10-16-27)18-28(24)30-19-25-11-5-2-6-12-25/h2-16,24,28,30H,17-23H2,1H3/t24-,28+/m0/s1/i1D. The molecule has 0 aliphatic heterocycles. The molecule has 0 saturated heterocycles. The average Bonchev–Trinajstić information content (AvgIpc) is 3.22. The fraction of sp³-hybridized carbons (Fsp3) is 0.379. The van der Waals surface area contributed by atoms with Gasteiger partial charge in [0, 0.05) is 19.4 Å². The molecular weight excluding hydrogens is 394 g/mol. The molecule has 2 atom stereocenters. The first kappa shape index (κ1) is 21.4. The molecule has 1 aliphatic rings. The summed E-state index contributed by atoms with van der Waals surface area (Å²) in [6.07, 6.45) is 1.92. The van der Waals surface area contributed by atoms with E-state index in [1.54, 1.807) is 0 Å². The van der Waals surface area contributed by atoms with Crippen LogP contribution in [-0.2, 0) is 29.2 Å². The van der Waals surface area contributed by atoms with Crippen molar-refractivity contribution in [2.75, 3.05) is 13.2 Å². The van der Waals surface area contributed by atoms with Gasteiger partial charge in [0.15, 0.2) is 0 Å². The van der Waals surface area contributed by atoms with E-state index in [0.29, 0.717) is 45.3 Å². The van der Waals surface area contributed by atoms with Crippen LogP contribution in [-0.4, -0.2) is 19.3 Å². The van der Waals surface area contributed by atoms with Gasteiger partial charge < -0.3 is 14.8 Å². The van der Waals surface area contributed by atoms with Crippen LogP contribution in [0.3, 0.4) is 0 Å². The molecule has 1 N–H and O–H groups in total. The smallest absolute Gasteiger partial charge is 0.0717 e. The Hall–Kier alpha value is -2.46. The summed E-state index contributed by atoms with van der Waals surface area (Å²) in [5.74, 6) is 0.300. The molecule has 1 aliphatic carbocycles. The maximum Gasteiger partial charge on any atom is 0.0717 e. The number of rotatable bonds is 11. The van der Waals surface area contributed by atoms with E-state index >= 15 is 0 Å². The molecule has 0 radical (unpaired) electrons. The van der Waals surface area contributed by atoms with Crippen molar-refractivity contribution >= 4 is 0 Å². The number of nitrogens with one attached hydrogen (secondary N) is 1. The topological polar surface area (TPSA) is 30.5 Å². The summed E-state index contributed by atoms with van der Waals surface area (Å²) in [6.45, 7) is 3.76. The maximum absolute atomic E-state index is 8.19. The quantitative estimate of drug-likeness (QED) is 0.405. The van der Waals surface area contributed by atoms with Gasteiger partial charge in [0.05, 0.1) is 26.4 Å². The number of ether oxygens (including phenoxy) is 2. The van der Waals surface area contributed by atoms with E-state index in [0.717, 1.165) is 19.4 Å². The van der Waals surface area contributed by atoms with Crippen molar-refractivity contribution in [1.82, 2.24) is 5.32 Å². The van der Waals surface area contributed by atoms with Crippen molar-refractivity contribution in [3.8, 4) is 0 Å². The molecule has 0 aromatic heterocycles. The molecule has 0 spiro atoms. The third-order valence-electron chi connectivity index (χ3n) is 6.37. The summed E-state index contributed by atoms with van der Waals surface area (Å²) in [4.78, 5) is 0. The van der Waals surface area contributed by atoms with Crippen LogP contribution in [0.25, 0.3) is 0 Å². The molecule has 0 unspecified atom stereocenters. The van der Waals surface area contributed by atoms with E-state index in [9.17, 15) is 0 Å². The van der Waals surface area contributed by atoms with Crippen LogP contribution in [0.2, 0.25) is 0 Å². The Balaban J connectivity index is 1.40. The van der Waals surface area contributed by atoms with Gasteiger partial charge in [-0.15, -0.1) is 0 Å². The Morgan fingerprint density at radius 1 is 0.750 bits per heavy atom. The SMILES string of the molecule is [2H]C[C@H]1CC(COCc2ccccc2)(COCc2ccccc2)C[C@H]1NCc1ccccc1. The van der Waals surface area contributed by atoms with E-state index in [2.05, 4.69) is 53.8 Å². The zero-order chi connectivity index (χ0) is 22.8. The zero-order valence-corrected chi connectivity index (χ0v) is 18.8. The van der Waals surface area contributed by atoms with Crippen LogP contribution in [0.5, 0.6) is 0 Å². The van der Waals surface area contributed by atoms with Crippen LogP contribution in [0.1, 0.15) is 37.8 Å². The van der Waals surface area contributed by atoms with Crippen molar-refractivity contribution in [2.45, 2.75) is 45.5 Å². The Kier molecular flexibility index (Phi) is 7.63. The first-order valence-electron chi connectivity index (χ1n) is 12.3. The van der Waals surface area contributed by atoms with Crippen LogP contribution in [0.15, 0.2) is 91.0 Å². The Bertz CT molecular complexity index is 890. The van der Waals surface area contributed by atoms with Crippen molar-refractivity contribution < 1.29 is 10.8 Å². The molecule has 32 heavy (non-hydrogen) atoms. The molecule has 4 rings (SSSR count). The molecule has 0 bridgehead atoms. The summed E-state index contributed by atoms with van der Waals surface area (Å²) in [5, 5.41) is 3.74. The van der Waals surface area contributed by atoms with Gasteiger partial charge >= 0.3 is 0 Å². The lowest BCUT2D eigenvalue weighted by molar-refractivity contribution is -0.0321. The summed E-state index contributed by atoms with van der Waals surface area (Å²) < 4.78 is 20.7. The monoisotopic (exact) mass is 430 g/mol. The van der Waals surface area contributed by atoms with Gasteiger partial charge in [-0.1, -0.05) is 97.9 Å². The van der Waals surface area contributed by atoms with Gasteiger partial charge in [0.2, 0.25) is 0 Å². The summed E-state index contributed by atoms with van der Waals surface area (Å²) >= 11 is 0. The number of hydrogen-bond acceptors (Lipinski definition) is 3. The van der Waals surface area contributed by atoms with E-state index in [1.807, 2.05) is 42.5 Å². The predicted octanol–water partition coefficient (Wildman–Crippen LogP) is 5.99. The fourth-order valence-corrected chi connectivity index (χ4v) is 4.70. The van der Waals surface area contributed by atoms with Crippen molar-refractivity contribution in [2.24, 2.45) is 11.3 Å². The average molecular weight is 431 g/mol. The van der Waals surface area contributed by atoms with E-state index in [1.165, 1.54) is 16.7 Å². The second-order valence-electron chi connectivity index (χ2n) is 9.10. The van der Waals surface area contributed by atoms with E-state index < -0.39 is 0 Å². The Morgan fingerprint density at radius 3 is 1.75 bits per heavy atom. The highest BCUT2D eigenvalue weighted by atomic mass is 16.5. The lowest BCUT2D eigenvalue weighted by atomic mass is 9.87. The molecule has 3 heteroatoms. The highest BCUT2D eigenvalue weighted by Crippen LogP contribution is 2.43. The van der Waals surface area contributed by atoms with Gasteiger partial charge in [0.25, 0.3) is 0 Å². The molecule has 3 aromatic rings. The Morgan fingerprint density at radius 2 is 1.25 bits per heavy atom. The summed E-state index contributed by atoms with van der Waals surface area (Å²) in [6, 6.07) is 31.4. The second-order valence-corrected chi connectivity index (χ2v) is 9.10. The molecule has 168 valence electrons. The largest absolute Gasteiger partial charge is 0.376 e. The second kappa shape index (κ2) is 11.4. The van der Waals surface area contributed by atoms with Gasteiger partial charge in [-0.3, -0.25) is 0 Å². The minimum Gasteiger partial charge on any atom is -0.376 e. The van der Waals surface area contributed by atoms with Crippen molar-refractivity contribution in [3.05, 3.63) is 108 Å². The van der Waals surface area contributed by atoms with Crippen LogP contribution >= 0.6 is 0 Å². The lowest BCUT2D eigenvalue weighted by Crippen LogP contribution is -2.34. The molecular formula is C29H35NO2. The third kappa shape index (κ3) is 6.52. The highest BCUT2D eigenvalue weighted by molar-refractivity contribution is 5.16. The van der Waals surface area contributed by atoms with E-state index in [4.69, 9.17) is 10.8 Å². The minimum absolute atomic E-state index is 0.0797. The molecule has 0 amide bonds. The first-order chi connectivity index (χ1) is 16.3. The first-order valence-corrected chi connectivity index (χ1v) is 11.6. The van der Waals surface area contributed by atoms with Crippen LogP contribution < -0.4 is 5.32 Å². The summed E-state index contributed by atoms with van der Waals surface area (Å²) in [5.41, 5.74) is 3.57. The van der Waals surface area contributed by atoms with Crippen molar-refractivity contribution in [1.29, 1.82) is 0 Å². The molecule has 1 saturated carbocycles. The normalized spacial score (nSPS) is 20.2. The van der Waals surface area contributed by atoms with Crippen LogP contribution in [0.4, 0.5) is 0 Å². The summed E-state index contributed by atoms with van der Waals surface area (Å²) in [7, 11) is 0. The Labute approximate surface area is 194 Å². The zero-order valence-electron chi connectivity index (χ0n) is 19.8. The molecule has 0 heterocycles. The molecule has 1 fully saturated rings. The van der Waals surface area contributed by atoms with Crippen LogP contribution in [0, 0.1) is 11.3 Å². The minimum atomic E-state index is -0.0797. The highest BCUT2D eigenvalue weighted by Gasteiger charge is 2.43. The third-order valence-corrected chi connectivity index (χ3v) is 6.37. The number of benzene rings is 3. The fourth-order valence-electron chi connectivity index (χ4n) is 4.70. The molecule has 3 aromatic carbocycles. The van der Waals surface area contributed by atoms with Gasteiger partial charge in [0.1, 0.15) is 0 Å². The van der Waals surface area contributed by atoms with E-state index in [-0.39, 0.29) is 5.41 Å². The van der Waals surface area contributed by atoms with Crippen molar-refractivity contribution in [3.63, 3.8) is 0 Å². The maximum atomic E-state index is 8.19. The lowest BCUT2D eigenvalue weighted by Gasteiger charge is -2.29. The molecule has 3 nitrogen and oxygen atoms in total. The van der Waals surface area contributed by atoms with Gasteiger partial charge in [-0.05, 0) is 35.4 Å². The van der Waals surface area contributed by atoms with Gasteiger partial charge in [-0.25, -0.2) is 0 Å². The predicted molar refractivity (Wildman–Crippen MR) is 130 cm³/mol. The number of hydrogen-bond donors (Lipinski definition) is 1.